The Morgan fingerprint density at radius 1 is 1.07 bits per heavy atom. The molecule has 0 saturated heterocycles. The Kier molecular flexibility index (Phi) is 4.02. The molecule has 4 heterocycles. The standard InChI is InChI=1S/C21H17N7O/c1-12-6-13(10-23-9-12)11-24-21(29)20-25-17-7-15-16(8-18(17)26-20)27-28-19(15)14-2-4-22-5-3-14/h2-10H,11H2,1H3,(H,24,29)(H,25,26)(H,27,28). The van der Waals surface area contributed by atoms with Gasteiger partial charge in [0.1, 0.15) is 5.69 Å². The van der Waals surface area contributed by atoms with Crippen molar-refractivity contribution in [2.24, 2.45) is 0 Å². The number of fused-ring (bicyclic) bond motifs is 2. The van der Waals surface area contributed by atoms with E-state index in [1.54, 1.807) is 24.8 Å². The first-order valence-corrected chi connectivity index (χ1v) is 9.14. The van der Waals surface area contributed by atoms with Crippen LogP contribution in [0, 0.1) is 6.92 Å². The minimum absolute atomic E-state index is 0.265. The van der Waals surface area contributed by atoms with Gasteiger partial charge in [-0.15, -0.1) is 0 Å². The molecule has 0 radical (unpaired) electrons. The Balaban J connectivity index is 1.44. The molecule has 0 aliphatic heterocycles. The van der Waals surface area contributed by atoms with Gasteiger partial charge in [0.2, 0.25) is 0 Å². The van der Waals surface area contributed by atoms with E-state index in [4.69, 9.17) is 0 Å². The number of benzene rings is 1. The average Bonchev–Trinajstić information content (AvgIpc) is 3.34. The number of nitrogens with zero attached hydrogens (tertiary/aromatic N) is 4. The molecule has 3 N–H and O–H groups in total. The number of aromatic amines is 2. The van der Waals surface area contributed by atoms with Crippen molar-refractivity contribution < 1.29 is 4.79 Å². The summed E-state index contributed by atoms with van der Waals surface area (Å²) in [5.41, 5.74) is 6.12. The predicted octanol–water partition coefficient (Wildman–Crippen LogP) is 3.13. The number of imidazole rings is 1. The topological polar surface area (TPSA) is 112 Å². The van der Waals surface area contributed by atoms with Gasteiger partial charge in [-0.05, 0) is 42.3 Å². The molecule has 0 saturated carbocycles. The van der Waals surface area contributed by atoms with E-state index in [0.29, 0.717) is 12.1 Å². The van der Waals surface area contributed by atoms with Crippen LogP contribution in [0.5, 0.6) is 0 Å². The van der Waals surface area contributed by atoms with E-state index >= 15 is 0 Å². The molecule has 0 spiro atoms. The molecule has 5 aromatic rings. The minimum atomic E-state index is -0.265. The lowest BCUT2D eigenvalue weighted by molar-refractivity contribution is 0.0941. The maximum Gasteiger partial charge on any atom is 0.287 e. The third-order valence-corrected chi connectivity index (χ3v) is 4.72. The lowest BCUT2D eigenvalue weighted by atomic mass is 10.1. The van der Waals surface area contributed by atoms with Crippen LogP contribution in [0.3, 0.4) is 0 Å². The molecule has 0 aliphatic carbocycles. The molecule has 8 nitrogen and oxygen atoms in total. The van der Waals surface area contributed by atoms with Crippen LogP contribution in [0.25, 0.3) is 33.2 Å². The first-order chi connectivity index (χ1) is 14.2. The first kappa shape index (κ1) is 17.1. The van der Waals surface area contributed by atoms with Gasteiger partial charge in [0.15, 0.2) is 5.82 Å². The minimum Gasteiger partial charge on any atom is -0.345 e. The number of aromatic nitrogens is 6. The van der Waals surface area contributed by atoms with Gasteiger partial charge in [-0.1, -0.05) is 6.07 Å². The van der Waals surface area contributed by atoms with E-state index in [0.717, 1.165) is 38.8 Å². The fourth-order valence-corrected chi connectivity index (χ4v) is 3.34. The number of carbonyl (C=O) groups excluding carboxylic acids is 1. The van der Waals surface area contributed by atoms with Crippen LogP contribution in [-0.4, -0.2) is 36.0 Å². The molecule has 0 bridgehead atoms. The van der Waals surface area contributed by atoms with E-state index in [9.17, 15) is 4.79 Å². The molecular formula is C21H17N7O. The van der Waals surface area contributed by atoms with Gasteiger partial charge in [0.25, 0.3) is 5.91 Å². The number of pyridine rings is 2. The van der Waals surface area contributed by atoms with Crippen LogP contribution in [-0.2, 0) is 6.54 Å². The Labute approximate surface area is 165 Å². The van der Waals surface area contributed by atoms with Crippen molar-refractivity contribution in [3.8, 4) is 11.3 Å². The summed E-state index contributed by atoms with van der Waals surface area (Å²) in [6.45, 7) is 2.36. The number of hydrogen-bond donors (Lipinski definition) is 3. The van der Waals surface area contributed by atoms with Crippen molar-refractivity contribution in [3.05, 3.63) is 72.1 Å². The van der Waals surface area contributed by atoms with E-state index in [1.165, 1.54) is 0 Å². The zero-order chi connectivity index (χ0) is 19.8. The quantitative estimate of drug-likeness (QED) is 0.441. The van der Waals surface area contributed by atoms with Crippen LogP contribution in [0.15, 0.2) is 55.1 Å². The number of nitrogens with one attached hydrogen (secondary N) is 3. The second-order valence-corrected chi connectivity index (χ2v) is 6.86. The van der Waals surface area contributed by atoms with Gasteiger partial charge in [-0.3, -0.25) is 19.9 Å². The molecule has 0 aliphatic rings. The highest BCUT2D eigenvalue weighted by Gasteiger charge is 2.15. The first-order valence-electron chi connectivity index (χ1n) is 9.14. The molecule has 0 fully saturated rings. The van der Waals surface area contributed by atoms with Gasteiger partial charge >= 0.3 is 0 Å². The van der Waals surface area contributed by atoms with Crippen LogP contribution in [0.1, 0.15) is 21.7 Å². The van der Waals surface area contributed by atoms with Gasteiger partial charge in [-0.25, -0.2) is 4.98 Å². The average molecular weight is 383 g/mol. The molecule has 142 valence electrons. The Morgan fingerprint density at radius 2 is 1.93 bits per heavy atom. The molecule has 8 heteroatoms. The number of rotatable bonds is 4. The second-order valence-electron chi connectivity index (χ2n) is 6.86. The molecule has 0 unspecified atom stereocenters. The van der Waals surface area contributed by atoms with Crippen molar-refractivity contribution in [1.29, 1.82) is 0 Å². The molecule has 29 heavy (non-hydrogen) atoms. The molecule has 1 amide bonds. The van der Waals surface area contributed by atoms with Crippen molar-refractivity contribution in [2.45, 2.75) is 13.5 Å². The molecular weight excluding hydrogens is 366 g/mol. The largest absolute Gasteiger partial charge is 0.345 e. The van der Waals surface area contributed by atoms with Crippen LogP contribution >= 0.6 is 0 Å². The maximum absolute atomic E-state index is 12.5. The highest BCUT2D eigenvalue weighted by Crippen LogP contribution is 2.28. The van der Waals surface area contributed by atoms with E-state index in [-0.39, 0.29) is 11.7 Å². The van der Waals surface area contributed by atoms with Gasteiger partial charge in [0, 0.05) is 42.3 Å². The van der Waals surface area contributed by atoms with E-state index in [1.807, 2.05) is 37.3 Å². The monoisotopic (exact) mass is 383 g/mol. The van der Waals surface area contributed by atoms with Crippen molar-refractivity contribution in [2.75, 3.05) is 0 Å². The summed E-state index contributed by atoms with van der Waals surface area (Å²) in [6.07, 6.45) is 6.98. The molecule has 0 atom stereocenters. The molecule has 4 aromatic heterocycles. The smallest absolute Gasteiger partial charge is 0.287 e. The Morgan fingerprint density at radius 3 is 2.76 bits per heavy atom. The van der Waals surface area contributed by atoms with Crippen LogP contribution in [0.2, 0.25) is 0 Å². The highest BCUT2D eigenvalue weighted by atomic mass is 16.2. The maximum atomic E-state index is 12.5. The summed E-state index contributed by atoms with van der Waals surface area (Å²) in [5.74, 6) is 0.00512. The lowest BCUT2D eigenvalue weighted by Gasteiger charge is -2.03. The summed E-state index contributed by atoms with van der Waals surface area (Å²) in [5, 5.41) is 11.3. The van der Waals surface area contributed by atoms with Crippen LogP contribution in [0.4, 0.5) is 0 Å². The third kappa shape index (κ3) is 3.20. The van der Waals surface area contributed by atoms with E-state index < -0.39 is 0 Å². The third-order valence-electron chi connectivity index (χ3n) is 4.72. The summed E-state index contributed by atoms with van der Waals surface area (Å²) in [4.78, 5) is 28.3. The summed E-state index contributed by atoms with van der Waals surface area (Å²) in [6, 6.07) is 9.65. The number of carbonyl (C=O) groups is 1. The van der Waals surface area contributed by atoms with Gasteiger partial charge in [-0.2, -0.15) is 5.10 Å². The molecule has 5 rings (SSSR count). The Hall–Kier alpha value is -4.07. The summed E-state index contributed by atoms with van der Waals surface area (Å²) >= 11 is 0. The SMILES string of the molecule is Cc1cncc(CNC(=O)c2nc3cc4c(-c5ccncc5)n[nH]c4cc3[nH]2)c1. The van der Waals surface area contributed by atoms with Crippen molar-refractivity contribution in [1.82, 2.24) is 35.5 Å². The number of hydrogen-bond acceptors (Lipinski definition) is 5. The fourth-order valence-electron chi connectivity index (χ4n) is 3.34. The predicted molar refractivity (Wildman–Crippen MR) is 109 cm³/mol. The zero-order valence-corrected chi connectivity index (χ0v) is 15.6. The summed E-state index contributed by atoms with van der Waals surface area (Å²) in [7, 11) is 0. The molecule has 1 aromatic carbocycles. The summed E-state index contributed by atoms with van der Waals surface area (Å²) < 4.78 is 0. The lowest BCUT2D eigenvalue weighted by Crippen LogP contribution is -2.24. The van der Waals surface area contributed by atoms with Gasteiger partial charge in [0.05, 0.1) is 16.6 Å². The van der Waals surface area contributed by atoms with Gasteiger partial charge < -0.3 is 10.3 Å². The number of aryl methyl sites for hydroxylation is 1. The van der Waals surface area contributed by atoms with Crippen molar-refractivity contribution in [3.63, 3.8) is 0 Å². The Bertz CT molecular complexity index is 1340. The second kappa shape index (κ2) is 6.83. The highest BCUT2D eigenvalue weighted by molar-refractivity contribution is 6.02. The zero-order valence-electron chi connectivity index (χ0n) is 15.6. The fraction of sp³-hybridized carbons (Fsp3) is 0.0952. The van der Waals surface area contributed by atoms with E-state index in [2.05, 4.69) is 35.5 Å². The van der Waals surface area contributed by atoms with Crippen LogP contribution < -0.4 is 5.32 Å². The normalized spacial score (nSPS) is 11.2. The van der Waals surface area contributed by atoms with Crippen molar-refractivity contribution >= 4 is 27.8 Å². The number of H-pyrrole nitrogens is 2. The number of amides is 1.